The number of nitrogens with two attached hydrogens (primary N) is 1. The molecule has 0 aromatic rings. The third-order valence-electron chi connectivity index (χ3n) is 12.6. The third kappa shape index (κ3) is 18.7. The van der Waals surface area contributed by atoms with Crippen LogP contribution in [0.15, 0.2) is 0 Å². The van der Waals surface area contributed by atoms with Crippen molar-refractivity contribution in [2.75, 3.05) is 94.3 Å². The summed E-state index contributed by atoms with van der Waals surface area (Å²) < 4.78 is 55.5. The highest BCUT2D eigenvalue weighted by Crippen LogP contribution is 2.36. The first kappa shape index (κ1) is 56.6. The first-order chi connectivity index (χ1) is 30.3. The molecule has 15 atom stereocenters. The second-order valence-corrected chi connectivity index (χ2v) is 18.5. The minimum atomic E-state index is -1.29. The first-order valence-electron chi connectivity index (χ1n) is 24.0. The molecule has 3 fully saturated rings. The number of rotatable bonds is 34. The summed E-state index contributed by atoms with van der Waals surface area (Å²) in [7, 11) is 7.11. The summed E-state index contributed by atoms with van der Waals surface area (Å²) in [6.45, 7) is 3.91. The Kier molecular flexibility index (Phi) is 28.2. The number of quaternary nitrogens is 1. The molecule has 374 valence electrons. The van der Waals surface area contributed by atoms with Crippen molar-refractivity contribution in [3.05, 3.63) is 0 Å². The van der Waals surface area contributed by atoms with Crippen molar-refractivity contribution < 1.29 is 77.8 Å². The minimum Gasteiger partial charge on any atom is -0.394 e. The summed E-state index contributed by atoms with van der Waals surface area (Å²) in [6, 6.07) is -2.41. The van der Waals surface area contributed by atoms with Gasteiger partial charge in [-0.05, 0) is 19.9 Å². The maximum absolute atomic E-state index is 12.4. The lowest BCUT2D eigenvalue weighted by Gasteiger charge is -2.52. The number of aliphatic hydroxyl groups excluding tert-OH is 6. The Hall–Kier alpha value is -0.720. The van der Waals surface area contributed by atoms with Crippen molar-refractivity contribution in [3.8, 4) is 0 Å². The number of ether oxygens (including phenoxy) is 9. The van der Waals surface area contributed by atoms with Crippen LogP contribution in [0.3, 0.4) is 0 Å². The largest absolute Gasteiger partial charge is 0.394 e. The molecule has 3 aliphatic rings. The zero-order chi connectivity index (χ0) is 46.2. The molecule has 0 saturated carbocycles. The molecule has 3 heterocycles. The normalized spacial score (nSPS) is 34.1. The van der Waals surface area contributed by atoms with Crippen LogP contribution in [0.1, 0.15) is 104 Å². The fourth-order valence-corrected chi connectivity index (χ4v) is 8.98. The number of nitrogens with zero attached hydrogens (tertiary/aromatic N) is 1. The van der Waals surface area contributed by atoms with E-state index in [2.05, 4.69) is 12.2 Å². The molecule has 0 radical (unpaired) electrons. The maximum atomic E-state index is 12.4. The van der Waals surface area contributed by atoms with Crippen LogP contribution in [0, 0.1) is 0 Å². The molecule has 0 amide bonds. The van der Waals surface area contributed by atoms with E-state index in [1.54, 1.807) is 6.92 Å². The highest BCUT2D eigenvalue weighted by Gasteiger charge is 2.57. The summed E-state index contributed by atoms with van der Waals surface area (Å²) in [6.07, 6.45) is 5.49. The van der Waals surface area contributed by atoms with Crippen molar-refractivity contribution in [3.63, 3.8) is 0 Å². The maximum Gasteiger partial charge on any atom is 0.214 e. The smallest absolute Gasteiger partial charge is 0.214 e. The molecule has 3 saturated heterocycles. The highest BCUT2D eigenvalue weighted by atomic mass is 16.7. The van der Waals surface area contributed by atoms with Crippen molar-refractivity contribution in [2.45, 2.75) is 195 Å². The predicted octanol–water partition coefficient (Wildman–Crippen LogP) is 0.960. The Morgan fingerprint density at radius 3 is 1.48 bits per heavy atom. The topological polar surface area (TPSA) is 242 Å². The van der Waals surface area contributed by atoms with Crippen LogP contribution < -0.4 is 11.1 Å². The fraction of sp³-hybridized carbons (Fsp3) is 1.00. The molecule has 15 unspecified atom stereocenters. The van der Waals surface area contributed by atoms with E-state index in [0.29, 0.717) is 6.54 Å². The van der Waals surface area contributed by atoms with Gasteiger partial charge in [-0.3, -0.25) is 0 Å². The van der Waals surface area contributed by atoms with Gasteiger partial charge in [0.15, 0.2) is 12.3 Å². The lowest BCUT2D eigenvalue weighted by Crippen LogP contribution is -2.72. The summed E-state index contributed by atoms with van der Waals surface area (Å²) in [5, 5.41) is 67.5. The minimum absolute atomic E-state index is 0.000811. The summed E-state index contributed by atoms with van der Waals surface area (Å²) in [5.41, 5.74) is 6.35. The number of nitrogens with one attached hydrogen (secondary N) is 1. The second kappa shape index (κ2) is 31.3. The van der Waals surface area contributed by atoms with E-state index in [-0.39, 0.29) is 63.9 Å². The van der Waals surface area contributed by atoms with Gasteiger partial charge >= 0.3 is 0 Å². The van der Waals surface area contributed by atoms with Gasteiger partial charge in [0, 0.05) is 7.11 Å². The van der Waals surface area contributed by atoms with Crippen LogP contribution in [0.5, 0.6) is 0 Å². The van der Waals surface area contributed by atoms with E-state index >= 15 is 0 Å². The second-order valence-electron chi connectivity index (χ2n) is 18.5. The van der Waals surface area contributed by atoms with Gasteiger partial charge in [-0.25, -0.2) is 0 Å². The van der Waals surface area contributed by atoms with Crippen molar-refractivity contribution >= 4 is 0 Å². The SMILES string of the molecule is CCCCCCCCCCCCCCCCNC1C(OC2C(COCCO)OC(OC3C(COCCO)OC(C)C(N)C3O)C([N+](C)(C)C)C2O)OC(COCCO)C(OC)C1O. The zero-order valence-electron chi connectivity index (χ0n) is 39.5. The number of unbranched alkanes of at least 4 members (excludes halogenated alkanes) is 13. The van der Waals surface area contributed by atoms with Gasteiger partial charge in [0.1, 0.15) is 54.9 Å². The van der Waals surface area contributed by atoms with Crippen LogP contribution in [0.2, 0.25) is 0 Å². The Bertz CT molecular complexity index is 1150. The van der Waals surface area contributed by atoms with Gasteiger partial charge < -0.3 is 88.8 Å². The molecule has 3 rings (SSSR count). The predicted molar refractivity (Wildman–Crippen MR) is 236 cm³/mol. The van der Waals surface area contributed by atoms with E-state index in [9.17, 15) is 30.6 Å². The first-order valence-corrected chi connectivity index (χ1v) is 24.0. The summed E-state index contributed by atoms with van der Waals surface area (Å²) >= 11 is 0. The van der Waals surface area contributed by atoms with Crippen LogP contribution in [-0.4, -0.2) is 221 Å². The van der Waals surface area contributed by atoms with Crippen LogP contribution in [0.25, 0.3) is 0 Å². The number of hydrogen-bond acceptors (Lipinski definition) is 17. The van der Waals surface area contributed by atoms with Gasteiger partial charge in [0.05, 0.1) is 98.8 Å². The molecular weight excluding hydrogens is 823 g/mol. The molecular formula is C45H90N3O15+. The van der Waals surface area contributed by atoms with Gasteiger partial charge in [-0.1, -0.05) is 90.4 Å². The number of methoxy groups -OCH3 is 1. The van der Waals surface area contributed by atoms with Crippen LogP contribution in [0.4, 0.5) is 0 Å². The molecule has 0 aliphatic carbocycles. The van der Waals surface area contributed by atoms with Crippen molar-refractivity contribution in [2.24, 2.45) is 5.73 Å². The number of hydrogen-bond donors (Lipinski definition) is 8. The van der Waals surface area contributed by atoms with E-state index in [0.717, 1.165) is 19.3 Å². The lowest BCUT2D eigenvalue weighted by molar-refractivity contribution is -0.910. The van der Waals surface area contributed by atoms with Crippen molar-refractivity contribution in [1.29, 1.82) is 0 Å². The third-order valence-corrected chi connectivity index (χ3v) is 12.6. The van der Waals surface area contributed by atoms with Gasteiger partial charge in [-0.2, -0.15) is 0 Å². The molecule has 0 aromatic heterocycles. The van der Waals surface area contributed by atoms with E-state index < -0.39 is 91.7 Å². The van der Waals surface area contributed by atoms with Gasteiger partial charge in [0.2, 0.25) is 6.29 Å². The molecule has 3 aliphatic heterocycles. The molecule has 63 heavy (non-hydrogen) atoms. The molecule has 18 heteroatoms. The Morgan fingerprint density at radius 2 is 1.00 bits per heavy atom. The Labute approximate surface area is 377 Å². The average molecular weight is 913 g/mol. The fourth-order valence-electron chi connectivity index (χ4n) is 8.98. The summed E-state index contributed by atoms with van der Waals surface area (Å²) in [4.78, 5) is 0. The number of aliphatic hydroxyl groups is 6. The van der Waals surface area contributed by atoms with Gasteiger partial charge in [0.25, 0.3) is 0 Å². The molecule has 18 nitrogen and oxygen atoms in total. The molecule has 0 spiro atoms. The standard InChI is InChI=1S/C45H90N3O15/c1-7-8-9-10-11-12-13-14-15-16-17-18-19-20-21-47-36-39(53)41(55-6)32(28-56-25-22-49)60-44(36)62-43-34(30-58-27-24-51)61-45(37(40(43)54)48(3,4)5)63-42-33(29-57-26-23-50)59-31(2)35(46)38(42)52/h31-45,47,49-54H,7-30,46H2,1-6H3/q+1. The quantitative estimate of drug-likeness (QED) is 0.0331. The lowest BCUT2D eigenvalue weighted by atomic mass is 9.92. The monoisotopic (exact) mass is 913 g/mol. The van der Waals surface area contributed by atoms with Crippen LogP contribution in [-0.2, 0) is 42.6 Å². The zero-order valence-corrected chi connectivity index (χ0v) is 39.5. The average Bonchev–Trinajstić information content (AvgIpc) is 3.24. The van der Waals surface area contributed by atoms with Crippen molar-refractivity contribution in [1.82, 2.24) is 5.32 Å². The van der Waals surface area contributed by atoms with E-state index in [1.165, 1.54) is 77.7 Å². The van der Waals surface area contributed by atoms with E-state index in [4.69, 9.17) is 48.4 Å². The molecule has 0 bridgehead atoms. The van der Waals surface area contributed by atoms with Crippen LogP contribution >= 0.6 is 0 Å². The Balaban J connectivity index is 1.77. The Morgan fingerprint density at radius 1 is 0.571 bits per heavy atom. The highest BCUT2D eigenvalue weighted by molar-refractivity contribution is 4.99. The number of likely N-dealkylation sites (N-methyl/N-ethyl adjacent to an activating group) is 1. The molecule has 0 aromatic carbocycles. The van der Waals surface area contributed by atoms with E-state index in [1.807, 2.05) is 21.1 Å². The summed E-state index contributed by atoms with van der Waals surface area (Å²) in [5.74, 6) is 0. The van der Waals surface area contributed by atoms with Gasteiger partial charge in [-0.15, -0.1) is 0 Å². The molecule has 9 N–H and O–H groups in total.